The summed E-state index contributed by atoms with van der Waals surface area (Å²) in [6.07, 6.45) is 5.24. The normalized spacial score (nSPS) is 15.6. The Labute approximate surface area is 79.0 Å². The monoisotopic (exact) mass is 183 g/mol. The van der Waals surface area contributed by atoms with Gasteiger partial charge in [-0.25, -0.2) is 0 Å². The standard InChI is InChI=1S/C6H10O.C4H7NO/c7-6-4-2-1-3-5-6;1-3(2)4(5)6/h1-5H2;1H2,2H3,(H2,5,6). The summed E-state index contributed by atoms with van der Waals surface area (Å²) < 4.78 is 0. The fourth-order valence-electron chi connectivity index (χ4n) is 0.946. The van der Waals surface area contributed by atoms with Crippen molar-refractivity contribution in [1.29, 1.82) is 0 Å². The highest BCUT2D eigenvalue weighted by atomic mass is 16.1. The zero-order valence-corrected chi connectivity index (χ0v) is 8.14. The van der Waals surface area contributed by atoms with E-state index < -0.39 is 5.91 Å². The molecule has 1 fully saturated rings. The van der Waals surface area contributed by atoms with Crippen LogP contribution in [0, 0.1) is 0 Å². The van der Waals surface area contributed by atoms with Gasteiger partial charge in [0.25, 0.3) is 0 Å². The van der Waals surface area contributed by atoms with Crippen LogP contribution in [0.4, 0.5) is 0 Å². The smallest absolute Gasteiger partial charge is 0.243 e. The van der Waals surface area contributed by atoms with Gasteiger partial charge in [-0.3, -0.25) is 9.59 Å². The van der Waals surface area contributed by atoms with Crippen molar-refractivity contribution < 1.29 is 9.59 Å². The van der Waals surface area contributed by atoms with E-state index in [0.29, 0.717) is 11.4 Å². The van der Waals surface area contributed by atoms with Gasteiger partial charge in [0, 0.05) is 18.4 Å². The SMILES string of the molecule is C=C(C)C(N)=O.O=C1CCCCC1. The van der Waals surface area contributed by atoms with Gasteiger partial charge in [0.1, 0.15) is 5.78 Å². The number of carbonyl (C=O) groups excluding carboxylic acids is 2. The van der Waals surface area contributed by atoms with Crippen molar-refractivity contribution in [2.75, 3.05) is 0 Å². The van der Waals surface area contributed by atoms with E-state index in [4.69, 9.17) is 5.73 Å². The van der Waals surface area contributed by atoms with Crippen LogP contribution in [0.2, 0.25) is 0 Å². The van der Waals surface area contributed by atoms with Gasteiger partial charge in [-0.1, -0.05) is 13.0 Å². The highest BCUT2D eigenvalue weighted by molar-refractivity contribution is 5.90. The molecule has 1 saturated carbocycles. The largest absolute Gasteiger partial charge is 0.366 e. The van der Waals surface area contributed by atoms with Gasteiger partial charge in [0.2, 0.25) is 5.91 Å². The Bertz CT molecular complexity index is 189. The van der Waals surface area contributed by atoms with Crippen molar-refractivity contribution in [2.24, 2.45) is 5.73 Å². The number of hydrogen-bond donors (Lipinski definition) is 1. The maximum atomic E-state index is 10.5. The molecule has 3 nitrogen and oxygen atoms in total. The first-order chi connectivity index (χ1) is 6.04. The Morgan fingerprint density at radius 1 is 1.31 bits per heavy atom. The Morgan fingerprint density at radius 3 is 1.85 bits per heavy atom. The van der Waals surface area contributed by atoms with Crippen molar-refractivity contribution in [3.8, 4) is 0 Å². The van der Waals surface area contributed by atoms with E-state index >= 15 is 0 Å². The molecule has 3 heteroatoms. The molecule has 1 rings (SSSR count). The van der Waals surface area contributed by atoms with Crippen LogP contribution in [0.25, 0.3) is 0 Å². The van der Waals surface area contributed by atoms with E-state index in [0.717, 1.165) is 25.7 Å². The minimum atomic E-state index is -0.435. The molecule has 0 aromatic heterocycles. The van der Waals surface area contributed by atoms with Crippen LogP contribution in [0.15, 0.2) is 12.2 Å². The molecule has 0 saturated heterocycles. The third kappa shape index (κ3) is 7.25. The van der Waals surface area contributed by atoms with Gasteiger partial charge in [-0.2, -0.15) is 0 Å². The van der Waals surface area contributed by atoms with Crippen LogP contribution in [0.1, 0.15) is 39.0 Å². The molecular weight excluding hydrogens is 166 g/mol. The second kappa shape index (κ2) is 6.40. The number of nitrogens with two attached hydrogens (primary N) is 1. The van der Waals surface area contributed by atoms with Crippen LogP contribution in [-0.4, -0.2) is 11.7 Å². The summed E-state index contributed by atoms with van der Waals surface area (Å²) in [4.78, 5) is 20.3. The highest BCUT2D eigenvalue weighted by Crippen LogP contribution is 2.12. The molecule has 13 heavy (non-hydrogen) atoms. The summed E-state index contributed by atoms with van der Waals surface area (Å²) in [7, 11) is 0. The fraction of sp³-hybridized carbons (Fsp3) is 0.600. The molecule has 0 radical (unpaired) electrons. The molecule has 0 aromatic carbocycles. The van der Waals surface area contributed by atoms with Gasteiger partial charge < -0.3 is 5.73 Å². The number of amides is 1. The van der Waals surface area contributed by atoms with Crippen LogP contribution in [0.3, 0.4) is 0 Å². The topological polar surface area (TPSA) is 60.2 Å². The molecule has 74 valence electrons. The maximum Gasteiger partial charge on any atom is 0.243 e. The zero-order valence-electron chi connectivity index (χ0n) is 8.14. The van der Waals surface area contributed by atoms with E-state index in [-0.39, 0.29) is 0 Å². The van der Waals surface area contributed by atoms with Crippen molar-refractivity contribution in [3.05, 3.63) is 12.2 Å². The minimum absolute atomic E-state index is 0.398. The van der Waals surface area contributed by atoms with Crippen LogP contribution in [0.5, 0.6) is 0 Å². The molecular formula is C10H17NO2. The van der Waals surface area contributed by atoms with Crippen LogP contribution < -0.4 is 5.73 Å². The lowest BCUT2D eigenvalue weighted by molar-refractivity contribution is -0.120. The molecule has 1 aliphatic rings. The Morgan fingerprint density at radius 2 is 1.69 bits per heavy atom. The van der Waals surface area contributed by atoms with E-state index in [1.165, 1.54) is 6.42 Å². The summed E-state index contributed by atoms with van der Waals surface area (Å²) in [6, 6.07) is 0. The van der Waals surface area contributed by atoms with E-state index in [9.17, 15) is 9.59 Å². The summed E-state index contributed by atoms with van der Waals surface area (Å²) in [5.74, 6) is 0.0289. The second-order valence-corrected chi connectivity index (χ2v) is 3.24. The van der Waals surface area contributed by atoms with Gasteiger partial charge >= 0.3 is 0 Å². The number of primary amides is 1. The number of rotatable bonds is 1. The lowest BCUT2D eigenvalue weighted by atomic mass is 10.00. The number of carbonyl (C=O) groups is 2. The zero-order chi connectivity index (χ0) is 10.3. The minimum Gasteiger partial charge on any atom is -0.366 e. The molecule has 1 amide bonds. The summed E-state index contributed by atoms with van der Waals surface area (Å²) in [6.45, 7) is 4.85. The van der Waals surface area contributed by atoms with E-state index in [2.05, 4.69) is 6.58 Å². The number of ketones is 1. The summed E-state index contributed by atoms with van der Waals surface area (Å²) in [5, 5.41) is 0. The average molecular weight is 183 g/mol. The first-order valence-corrected chi connectivity index (χ1v) is 4.51. The predicted molar refractivity (Wildman–Crippen MR) is 52.1 cm³/mol. The van der Waals surface area contributed by atoms with Crippen molar-refractivity contribution >= 4 is 11.7 Å². The van der Waals surface area contributed by atoms with Gasteiger partial charge in [0.15, 0.2) is 0 Å². The van der Waals surface area contributed by atoms with Crippen LogP contribution >= 0.6 is 0 Å². The highest BCUT2D eigenvalue weighted by Gasteiger charge is 2.05. The summed E-state index contributed by atoms with van der Waals surface area (Å²) >= 11 is 0. The number of hydrogen-bond acceptors (Lipinski definition) is 2. The molecule has 0 heterocycles. The van der Waals surface area contributed by atoms with E-state index in [1.807, 2.05) is 0 Å². The Kier molecular flexibility index (Phi) is 5.85. The van der Waals surface area contributed by atoms with Crippen molar-refractivity contribution in [3.63, 3.8) is 0 Å². The lowest BCUT2D eigenvalue weighted by Gasteiger charge is -2.05. The fourth-order valence-corrected chi connectivity index (χ4v) is 0.946. The molecule has 0 bridgehead atoms. The molecule has 1 aliphatic carbocycles. The molecule has 0 aliphatic heterocycles. The quantitative estimate of drug-likeness (QED) is 0.627. The first-order valence-electron chi connectivity index (χ1n) is 4.51. The van der Waals surface area contributed by atoms with E-state index in [1.54, 1.807) is 6.92 Å². The molecule has 0 aromatic rings. The summed E-state index contributed by atoms with van der Waals surface area (Å²) in [5.41, 5.74) is 5.09. The van der Waals surface area contributed by atoms with Gasteiger partial charge in [0.05, 0.1) is 0 Å². The Balaban J connectivity index is 0.000000226. The van der Waals surface area contributed by atoms with Crippen LogP contribution in [-0.2, 0) is 9.59 Å². The maximum absolute atomic E-state index is 10.5. The van der Waals surface area contributed by atoms with Crippen molar-refractivity contribution in [2.45, 2.75) is 39.0 Å². The third-order valence-electron chi connectivity index (χ3n) is 1.83. The second-order valence-electron chi connectivity index (χ2n) is 3.24. The molecule has 0 spiro atoms. The first kappa shape index (κ1) is 11.9. The molecule has 0 unspecified atom stereocenters. The number of Topliss-reactive ketones (excluding diaryl/α,β-unsaturated/α-hetero) is 1. The predicted octanol–water partition coefficient (Wildman–Crippen LogP) is 1.57. The van der Waals surface area contributed by atoms with Gasteiger partial charge in [-0.05, 0) is 19.8 Å². The van der Waals surface area contributed by atoms with Gasteiger partial charge in [-0.15, -0.1) is 0 Å². The lowest BCUT2D eigenvalue weighted by Crippen LogP contribution is -2.10. The average Bonchev–Trinajstić information content (AvgIpc) is 2.06. The third-order valence-corrected chi connectivity index (χ3v) is 1.83. The van der Waals surface area contributed by atoms with Crippen molar-refractivity contribution in [1.82, 2.24) is 0 Å². The molecule has 0 atom stereocenters. The molecule has 2 N–H and O–H groups in total. The Hall–Kier alpha value is -1.12.